The van der Waals surface area contributed by atoms with Crippen molar-refractivity contribution < 1.29 is 19.1 Å². The summed E-state index contributed by atoms with van der Waals surface area (Å²) in [5.41, 5.74) is 1.72. The van der Waals surface area contributed by atoms with Crippen molar-refractivity contribution in [2.75, 3.05) is 11.6 Å². The predicted octanol–water partition coefficient (Wildman–Crippen LogP) is 4.26. The number of pyridine rings is 1. The molecule has 8 nitrogen and oxygen atoms in total. The van der Waals surface area contributed by atoms with Gasteiger partial charge >= 0.3 is 12.2 Å². The van der Waals surface area contributed by atoms with Gasteiger partial charge in [0.05, 0.1) is 6.54 Å². The Bertz CT molecular complexity index is 1080. The number of hydrogen-bond acceptors (Lipinski definition) is 6. The summed E-state index contributed by atoms with van der Waals surface area (Å²) in [7, 11) is 0. The van der Waals surface area contributed by atoms with Crippen molar-refractivity contribution in [2.24, 2.45) is 0 Å². The van der Waals surface area contributed by atoms with Crippen LogP contribution in [0, 0.1) is 0 Å². The zero-order valence-corrected chi connectivity index (χ0v) is 17.9. The van der Waals surface area contributed by atoms with Crippen LogP contribution in [0.25, 0.3) is 0 Å². The van der Waals surface area contributed by atoms with Gasteiger partial charge < -0.3 is 9.47 Å². The Labute approximate surface area is 192 Å². The van der Waals surface area contributed by atoms with E-state index in [1.807, 2.05) is 72.8 Å². The number of carbonyl (C=O) groups excluding carboxylic acids is 2. The molecule has 0 fully saturated rings. The van der Waals surface area contributed by atoms with Crippen LogP contribution < -0.4 is 10.3 Å². The highest BCUT2D eigenvalue weighted by Gasteiger charge is 2.34. The second kappa shape index (κ2) is 10.8. The Morgan fingerprint density at radius 3 is 2.15 bits per heavy atom. The zero-order chi connectivity index (χ0) is 22.9. The topological polar surface area (TPSA) is 84.0 Å². The van der Waals surface area contributed by atoms with Gasteiger partial charge in [0, 0.05) is 6.20 Å². The second-order valence-electron chi connectivity index (χ2n) is 7.23. The van der Waals surface area contributed by atoms with Crippen molar-refractivity contribution >= 4 is 18.0 Å². The maximum Gasteiger partial charge on any atom is 0.431 e. The summed E-state index contributed by atoms with van der Waals surface area (Å²) in [6, 6.07) is 24.1. The van der Waals surface area contributed by atoms with Crippen molar-refractivity contribution in [1.82, 2.24) is 15.3 Å². The molecule has 1 atom stereocenters. The minimum Gasteiger partial charge on any atom is -0.445 e. The maximum absolute atomic E-state index is 13.1. The first-order chi connectivity index (χ1) is 16.2. The molecule has 1 aliphatic heterocycles. The van der Waals surface area contributed by atoms with Gasteiger partial charge in [-0.25, -0.2) is 14.6 Å². The third-order valence-corrected chi connectivity index (χ3v) is 4.90. The van der Waals surface area contributed by atoms with E-state index in [0.717, 1.165) is 11.1 Å². The van der Waals surface area contributed by atoms with E-state index >= 15 is 0 Å². The second-order valence-corrected chi connectivity index (χ2v) is 7.23. The summed E-state index contributed by atoms with van der Waals surface area (Å²) in [4.78, 5) is 30.0. The summed E-state index contributed by atoms with van der Waals surface area (Å²) in [5.74, 6) is 0.544. The summed E-state index contributed by atoms with van der Waals surface area (Å²) >= 11 is 0. The van der Waals surface area contributed by atoms with Crippen molar-refractivity contribution in [2.45, 2.75) is 19.4 Å². The highest BCUT2D eigenvalue weighted by atomic mass is 16.6. The third kappa shape index (κ3) is 5.88. The Hall–Kier alpha value is -4.33. The van der Waals surface area contributed by atoms with Gasteiger partial charge in [0.25, 0.3) is 0 Å². The Balaban J connectivity index is 1.48. The van der Waals surface area contributed by atoms with Crippen LogP contribution in [0.2, 0.25) is 0 Å². The molecule has 0 spiro atoms. The number of nitrogens with zero attached hydrogens (tertiary/aromatic N) is 3. The van der Waals surface area contributed by atoms with Crippen molar-refractivity contribution in [3.05, 3.63) is 108 Å². The third-order valence-electron chi connectivity index (χ3n) is 4.90. The number of aromatic nitrogens is 1. The molecule has 8 heteroatoms. The lowest BCUT2D eigenvalue weighted by Gasteiger charge is -2.40. The first-order valence-corrected chi connectivity index (χ1v) is 10.5. The van der Waals surface area contributed by atoms with Crippen LogP contribution in [0.3, 0.4) is 0 Å². The van der Waals surface area contributed by atoms with Crippen molar-refractivity contribution in [3.8, 4) is 0 Å². The van der Waals surface area contributed by atoms with E-state index in [4.69, 9.17) is 9.47 Å². The molecule has 168 valence electrons. The number of carbonyl (C=O) groups is 2. The van der Waals surface area contributed by atoms with Gasteiger partial charge in [0.1, 0.15) is 25.2 Å². The molecule has 2 amide bonds. The van der Waals surface area contributed by atoms with E-state index in [2.05, 4.69) is 10.3 Å². The van der Waals surface area contributed by atoms with Crippen LogP contribution in [0.15, 0.2) is 97.2 Å². The molecule has 1 aliphatic rings. The Morgan fingerprint density at radius 2 is 1.52 bits per heavy atom. The number of rotatable bonds is 6. The van der Waals surface area contributed by atoms with Crippen LogP contribution in [0.1, 0.15) is 11.1 Å². The minimum absolute atomic E-state index is 0.0983. The number of hydrogen-bond donors (Lipinski definition) is 1. The van der Waals surface area contributed by atoms with Crippen LogP contribution in [-0.2, 0) is 22.7 Å². The largest absolute Gasteiger partial charge is 0.445 e. The number of hydrazine groups is 1. The molecule has 2 heterocycles. The number of nitrogens with one attached hydrogen (secondary N) is 1. The monoisotopic (exact) mass is 444 g/mol. The Morgan fingerprint density at radius 1 is 0.879 bits per heavy atom. The van der Waals surface area contributed by atoms with E-state index in [0.29, 0.717) is 12.4 Å². The summed E-state index contributed by atoms with van der Waals surface area (Å²) in [5, 5.41) is 5.70. The lowest BCUT2D eigenvalue weighted by molar-refractivity contribution is 0.0709. The lowest BCUT2D eigenvalue weighted by Crippen LogP contribution is -2.60. The van der Waals surface area contributed by atoms with Gasteiger partial charge in [0.2, 0.25) is 0 Å². The number of benzene rings is 2. The normalized spacial score (nSPS) is 15.1. The molecule has 33 heavy (non-hydrogen) atoms. The number of amides is 2. The standard InChI is InChI=1S/C25H24N4O4/c30-24(32-18-20-10-3-1-4-11-20)27-23-15-9-17-28(22-14-7-8-16-26-22)29(23)25(31)33-19-21-12-5-2-6-13-21/h1-16,23H,17-19H2,(H,27,30). The number of alkyl carbamates (subject to hydrolysis) is 1. The maximum atomic E-state index is 13.1. The van der Waals surface area contributed by atoms with E-state index in [-0.39, 0.29) is 13.2 Å². The van der Waals surface area contributed by atoms with E-state index in [1.54, 1.807) is 29.4 Å². The number of anilines is 1. The zero-order valence-electron chi connectivity index (χ0n) is 17.9. The van der Waals surface area contributed by atoms with Crippen molar-refractivity contribution in [3.63, 3.8) is 0 Å². The molecule has 1 unspecified atom stereocenters. The van der Waals surface area contributed by atoms with Gasteiger partial charge in [-0.15, -0.1) is 0 Å². The molecule has 4 rings (SSSR count). The average molecular weight is 444 g/mol. The SMILES string of the molecule is O=C(NC1C=CCN(c2ccccn2)N1C(=O)OCc1ccccc1)OCc1ccccc1. The molecule has 1 N–H and O–H groups in total. The van der Waals surface area contributed by atoms with Crippen molar-refractivity contribution in [1.29, 1.82) is 0 Å². The molecule has 0 saturated carbocycles. The molecule has 1 aromatic heterocycles. The summed E-state index contributed by atoms with van der Waals surface area (Å²) in [6.45, 7) is 0.599. The first kappa shape index (κ1) is 21.9. The fraction of sp³-hybridized carbons (Fsp3) is 0.160. The van der Waals surface area contributed by atoms with Crippen LogP contribution in [-0.4, -0.2) is 34.9 Å². The molecular weight excluding hydrogens is 420 g/mol. The number of ether oxygens (including phenoxy) is 2. The average Bonchev–Trinajstić information content (AvgIpc) is 2.88. The first-order valence-electron chi connectivity index (χ1n) is 10.5. The van der Waals surface area contributed by atoms with E-state index < -0.39 is 18.4 Å². The molecular formula is C25H24N4O4. The van der Waals surface area contributed by atoms with Crippen LogP contribution >= 0.6 is 0 Å². The lowest BCUT2D eigenvalue weighted by atomic mass is 10.2. The fourth-order valence-electron chi connectivity index (χ4n) is 3.31. The fourth-order valence-corrected chi connectivity index (χ4v) is 3.31. The molecule has 2 aromatic carbocycles. The van der Waals surface area contributed by atoms with E-state index in [9.17, 15) is 9.59 Å². The molecule has 0 radical (unpaired) electrons. The quantitative estimate of drug-likeness (QED) is 0.572. The molecule has 3 aromatic rings. The van der Waals surface area contributed by atoms with Gasteiger partial charge in [-0.2, -0.15) is 5.01 Å². The highest BCUT2D eigenvalue weighted by Crippen LogP contribution is 2.20. The minimum atomic E-state index is -0.813. The smallest absolute Gasteiger partial charge is 0.431 e. The van der Waals surface area contributed by atoms with Gasteiger partial charge in [-0.05, 0) is 29.3 Å². The summed E-state index contributed by atoms with van der Waals surface area (Å²) in [6.07, 6.45) is 3.11. The van der Waals surface area contributed by atoms with E-state index in [1.165, 1.54) is 5.01 Å². The van der Waals surface area contributed by atoms with Crippen LogP contribution in [0.5, 0.6) is 0 Å². The predicted molar refractivity (Wildman–Crippen MR) is 123 cm³/mol. The summed E-state index contributed by atoms with van der Waals surface area (Å²) < 4.78 is 10.9. The van der Waals surface area contributed by atoms with Crippen LogP contribution in [0.4, 0.5) is 15.4 Å². The molecule has 0 saturated heterocycles. The highest BCUT2D eigenvalue weighted by molar-refractivity contribution is 5.74. The van der Waals surface area contributed by atoms with Gasteiger partial charge in [-0.3, -0.25) is 10.3 Å². The Kier molecular flexibility index (Phi) is 7.17. The van der Waals surface area contributed by atoms with Gasteiger partial charge in [-0.1, -0.05) is 72.8 Å². The molecule has 0 aliphatic carbocycles. The van der Waals surface area contributed by atoms with Gasteiger partial charge in [0.15, 0.2) is 0 Å². The molecule has 0 bridgehead atoms.